The van der Waals surface area contributed by atoms with E-state index in [9.17, 15) is 9.13 Å². The van der Waals surface area contributed by atoms with Gasteiger partial charge in [-0.15, -0.1) is 0 Å². The zero-order valence-electron chi connectivity index (χ0n) is 3.91. The normalized spacial score (nSPS) is 7.29. The summed E-state index contributed by atoms with van der Waals surface area (Å²) in [5, 5.41) is 0. The van der Waals surface area contributed by atoms with Gasteiger partial charge in [-0.05, 0) is 0 Å². The number of phosphoric acid groups is 2. The van der Waals surface area contributed by atoms with Gasteiger partial charge in [0.25, 0.3) is 0 Å². The number of rotatable bonds is 2. The third-order valence-corrected chi connectivity index (χ3v) is 1.91. The minimum absolute atomic E-state index is 0. The summed E-state index contributed by atoms with van der Waals surface area (Å²) in [6.07, 6.45) is 0. The predicted octanol–water partition coefficient (Wildman–Crippen LogP) is -6.00. The molecule has 0 saturated carbocycles. The molecular formula is H12K4Na4O7P2. The van der Waals surface area contributed by atoms with E-state index in [1.807, 2.05) is 0 Å². The van der Waals surface area contributed by atoms with Gasteiger partial charge in [0.05, 0.1) is 0 Å². The van der Waals surface area contributed by atoms with Crippen molar-refractivity contribution in [1.29, 1.82) is 0 Å². The van der Waals surface area contributed by atoms with E-state index < -0.39 is 15.6 Å². The quantitative estimate of drug-likeness (QED) is 0.252. The molecule has 0 aromatic rings. The van der Waals surface area contributed by atoms with Gasteiger partial charge in [0, 0.05) is 0 Å². The van der Waals surface area contributed by atoms with Gasteiger partial charge >= 0.3 is 339 Å². The summed E-state index contributed by atoms with van der Waals surface area (Å²) in [4.78, 5) is 31.0. The summed E-state index contributed by atoms with van der Waals surface area (Å²) < 4.78 is 22.2. The molecule has 0 rings (SSSR count). The molecule has 0 aromatic carbocycles. The Kier molecular flexibility index (Phi) is 105. The zero-order valence-corrected chi connectivity index (χ0v) is 5.70. The summed E-state index contributed by atoms with van der Waals surface area (Å²) in [7, 11) is -10.1. The van der Waals surface area contributed by atoms with Crippen molar-refractivity contribution in [2.24, 2.45) is 0 Å². The van der Waals surface area contributed by atoms with Crippen molar-refractivity contribution >= 4 is 339 Å². The standard InChI is InChI=1S/4K.4Na.H4O7P2.8H/c;;;;;;;;1-8(2,3)7-9(4,5)6;;;;;;;;/h;;;;;;;;(H2,1,2,3)(H2,4,5,6);;;;;;;;. The molecule has 0 unspecified atom stereocenters. The maximum absolute atomic E-state index is 9.63. The fourth-order valence-electron chi connectivity index (χ4n) is 0.139. The Labute approximate surface area is 359 Å². The predicted molar refractivity (Wildman–Crippen MR) is 82.4 cm³/mol. The van der Waals surface area contributed by atoms with E-state index in [2.05, 4.69) is 4.31 Å². The van der Waals surface area contributed by atoms with Crippen LogP contribution in [0.15, 0.2) is 0 Å². The molecular weight excluding hydrogens is 422 g/mol. The molecule has 0 spiro atoms. The van der Waals surface area contributed by atoms with Crippen LogP contribution in [-0.4, -0.2) is 343 Å². The molecule has 0 heterocycles. The molecule has 17 heteroatoms. The van der Waals surface area contributed by atoms with Crippen molar-refractivity contribution in [3.05, 3.63) is 0 Å². The first kappa shape index (κ1) is 56.5. The van der Waals surface area contributed by atoms with Gasteiger partial charge in [-0.3, -0.25) is 0 Å². The monoisotopic (exact) mass is 434 g/mol. The molecule has 0 aliphatic carbocycles. The second-order valence-electron chi connectivity index (χ2n) is 1.06. The van der Waals surface area contributed by atoms with E-state index in [-0.39, 0.29) is 324 Å². The average molecular weight is 434 g/mol. The van der Waals surface area contributed by atoms with Crippen LogP contribution in [-0.2, 0) is 13.4 Å². The van der Waals surface area contributed by atoms with Gasteiger partial charge in [-0.2, -0.15) is 4.31 Å². The van der Waals surface area contributed by atoms with Gasteiger partial charge in [-0.25, -0.2) is 9.13 Å². The van der Waals surface area contributed by atoms with Crippen LogP contribution in [0, 0.1) is 0 Å². The van der Waals surface area contributed by atoms with Gasteiger partial charge in [0.2, 0.25) is 0 Å². The number of hydrogen-bond donors (Lipinski definition) is 4. The van der Waals surface area contributed by atoms with Gasteiger partial charge in [-0.1, -0.05) is 0 Å². The Bertz CT molecular complexity index is 172. The van der Waals surface area contributed by atoms with E-state index in [0.717, 1.165) is 0 Å². The third kappa shape index (κ3) is 58.4. The first-order valence-corrected chi connectivity index (χ1v) is 4.59. The summed E-state index contributed by atoms with van der Waals surface area (Å²) in [6.45, 7) is 0. The van der Waals surface area contributed by atoms with Crippen molar-refractivity contribution in [3.63, 3.8) is 0 Å². The fraction of sp³-hybridized carbons (Fsp3) is 0. The molecule has 4 N–H and O–H groups in total. The molecule has 17 heavy (non-hydrogen) atoms. The molecule has 0 saturated heterocycles. The van der Waals surface area contributed by atoms with Crippen molar-refractivity contribution in [2.75, 3.05) is 0 Å². The Morgan fingerprint density at radius 2 is 0.706 bits per heavy atom. The van der Waals surface area contributed by atoms with E-state index in [4.69, 9.17) is 19.6 Å². The third-order valence-electron chi connectivity index (χ3n) is 0.213. The Morgan fingerprint density at radius 3 is 0.706 bits per heavy atom. The van der Waals surface area contributed by atoms with Crippen molar-refractivity contribution in [3.8, 4) is 0 Å². The summed E-state index contributed by atoms with van der Waals surface area (Å²) >= 11 is 0. The molecule has 0 amide bonds. The molecule has 0 aliphatic rings. The van der Waals surface area contributed by atoms with Crippen LogP contribution in [0.4, 0.5) is 0 Å². The second kappa shape index (κ2) is 31.5. The summed E-state index contributed by atoms with van der Waals surface area (Å²) in [6, 6.07) is 0. The van der Waals surface area contributed by atoms with Crippen LogP contribution in [0.3, 0.4) is 0 Å². The average Bonchev–Trinajstić information content (AvgIpc) is 1.14. The van der Waals surface area contributed by atoms with Crippen LogP contribution >= 0.6 is 15.6 Å². The van der Waals surface area contributed by atoms with Crippen LogP contribution in [0.1, 0.15) is 0 Å². The SMILES string of the molecule is O=P(O)(O)OP(=O)(O)O.[KH].[KH].[KH].[KH].[NaH].[NaH].[NaH].[NaH]. The van der Waals surface area contributed by atoms with E-state index >= 15 is 0 Å². The van der Waals surface area contributed by atoms with Crippen molar-refractivity contribution in [2.45, 2.75) is 0 Å². The van der Waals surface area contributed by atoms with Gasteiger partial charge in [0.15, 0.2) is 0 Å². The molecule has 0 fully saturated rings. The van der Waals surface area contributed by atoms with Gasteiger partial charge < -0.3 is 19.6 Å². The fourth-order valence-corrected chi connectivity index (χ4v) is 1.25. The van der Waals surface area contributed by atoms with E-state index in [0.29, 0.717) is 0 Å². The van der Waals surface area contributed by atoms with E-state index in [1.54, 1.807) is 0 Å². The van der Waals surface area contributed by atoms with Crippen molar-refractivity contribution in [1.82, 2.24) is 0 Å². The second-order valence-corrected chi connectivity index (χ2v) is 3.68. The van der Waals surface area contributed by atoms with Crippen LogP contribution in [0.5, 0.6) is 0 Å². The maximum atomic E-state index is 9.63. The van der Waals surface area contributed by atoms with Gasteiger partial charge in [0.1, 0.15) is 0 Å². The summed E-state index contributed by atoms with van der Waals surface area (Å²) in [5.41, 5.74) is 0. The van der Waals surface area contributed by atoms with Crippen molar-refractivity contribution < 1.29 is 33.0 Å². The first-order valence-electron chi connectivity index (χ1n) is 1.53. The van der Waals surface area contributed by atoms with Crippen LogP contribution in [0.2, 0.25) is 0 Å². The topological polar surface area (TPSA) is 124 Å². The molecule has 0 radical (unpaired) electrons. The first-order chi connectivity index (χ1) is 3.71. The molecule has 7 nitrogen and oxygen atoms in total. The Balaban J connectivity index is -0.0000000114. The molecule has 72 valence electrons. The zero-order chi connectivity index (χ0) is 7.71. The molecule has 0 bridgehead atoms. The van der Waals surface area contributed by atoms with E-state index in [1.165, 1.54) is 0 Å². The van der Waals surface area contributed by atoms with Crippen LogP contribution in [0.25, 0.3) is 0 Å². The number of hydrogen-bond acceptors (Lipinski definition) is 3. The molecule has 0 aliphatic heterocycles. The minimum atomic E-state index is -5.05. The molecule has 0 aromatic heterocycles. The summed E-state index contributed by atoms with van der Waals surface area (Å²) in [5.74, 6) is 0. The Morgan fingerprint density at radius 1 is 0.588 bits per heavy atom. The van der Waals surface area contributed by atoms with Crippen LogP contribution < -0.4 is 0 Å². The Hall–Kier alpha value is 10.8. The molecule has 0 atom stereocenters.